The van der Waals surface area contributed by atoms with E-state index in [1.807, 2.05) is 0 Å². The van der Waals surface area contributed by atoms with Crippen molar-refractivity contribution >= 4 is 23.8 Å². The highest BCUT2D eigenvalue weighted by atomic mass is 16.8. The van der Waals surface area contributed by atoms with Crippen LogP contribution in [0.3, 0.4) is 0 Å². The van der Waals surface area contributed by atoms with Gasteiger partial charge < -0.3 is 53.1 Å². The van der Waals surface area contributed by atoms with Crippen LogP contribution in [0.2, 0.25) is 0 Å². The van der Waals surface area contributed by atoms with Gasteiger partial charge in [-0.15, -0.1) is 0 Å². The van der Waals surface area contributed by atoms with Gasteiger partial charge >= 0.3 is 17.9 Å². The van der Waals surface area contributed by atoms with E-state index in [1.165, 1.54) is 13.8 Å². The van der Waals surface area contributed by atoms with Crippen LogP contribution in [-0.2, 0) is 61.8 Å². The van der Waals surface area contributed by atoms with Gasteiger partial charge in [-0.2, -0.15) is 0 Å². The number of aliphatic hydroxyl groups is 1. The topological polar surface area (TPSA) is 184 Å². The zero-order chi connectivity index (χ0) is 32.1. The molecular weight excluding hydrogens is 574 g/mol. The summed E-state index contributed by atoms with van der Waals surface area (Å²) in [5, 5.41) is 13.8. The molecule has 0 aromatic rings. The SMILES string of the molecule is CC(=O)N[C@H]1[C@H](OC[C@@H](O)[C@H]2O[C@@H]3OC(C)(C)O[C@@H]3[C@H]2OCCC(C)C)O[C@H](COC(C)=O)[C@@H](OC(C)=O)[C@@H]1OC(C)=O. The number of fused-ring (bicyclic) bond motifs is 1. The lowest BCUT2D eigenvalue weighted by Crippen LogP contribution is -2.66. The zero-order valence-electron chi connectivity index (χ0n) is 25.9. The van der Waals surface area contributed by atoms with Gasteiger partial charge in [-0.25, -0.2) is 0 Å². The first-order valence-corrected chi connectivity index (χ1v) is 14.4. The van der Waals surface area contributed by atoms with Crippen molar-refractivity contribution in [3.63, 3.8) is 0 Å². The molecule has 3 saturated heterocycles. The first kappa shape index (κ1) is 35.1. The zero-order valence-corrected chi connectivity index (χ0v) is 25.9. The van der Waals surface area contributed by atoms with E-state index in [2.05, 4.69) is 19.2 Å². The van der Waals surface area contributed by atoms with E-state index in [1.54, 1.807) is 13.8 Å². The summed E-state index contributed by atoms with van der Waals surface area (Å²) in [6, 6.07) is -1.18. The Hall–Kier alpha value is -2.40. The Morgan fingerprint density at radius 2 is 1.53 bits per heavy atom. The molecule has 0 saturated carbocycles. The minimum absolute atomic E-state index is 0.383. The summed E-state index contributed by atoms with van der Waals surface area (Å²) in [5.74, 6) is -3.13. The van der Waals surface area contributed by atoms with Gasteiger partial charge in [0.25, 0.3) is 0 Å². The summed E-state index contributed by atoms with van der Waals surface area (Å²) >= 11 is 0. The van der Waals surface area contributed by atoms with Gasteiger partial charge in [0.05, 0.1) is 6.61 Å². The summed E-state index contributed by atoms with van der Waals surface area (Å²) in [7, 11) is 0. The number of ether oxygens (including phenoxy) is 9. The number of esters is 3. The van der Waals surface area contributed by atoms with Gasteiger partial charge in [0.1, 0.15) is 43.2 Å². The molecule has 3 heterocycles. The molecule has 0 aromatic heterocycles. The van der Waals surface area contributed by atoms with Gasteiger partial charge in [0, 0.05) is 34.3 Å². The van der Waals surface area contributed by atoms with Crippen LogP contribution in [0.5, 0.6) is 0 Å². The third-order valence-corrected chi connectivity index (χ3v) is 6.91. The summed E-state index contributed by atoms with van der Waals surface area (Å²) in [4.78, 5) is 47.7. The van der Waals surface area contributed by atoms with E-state index in [9.17, 15) is 24.3 Å². The average Bonchev–Trinajstić information content (AvgIpc) is 3.35. The molecule has 15 heteroatoms. The molecular formula is C28H45NO14. The van der Waals surface area contributed by atoms with E-state index >= 15 is 0 Å². The molecule has 0 bridgehead atoms. The second-order valence-electron chi connectivity index (χ2n) is 11.7. The van der Waals surface area contributed by atoms with Crippen LogP contribution in [0, 0.1) is 5.92 Å². The van der Waals surface area contributed by atoms with Crippen molar-refractivity contribution < 1.29 is 66.9 Å². The van der Waals surface area contributed by atoms with E-state index in [0.717, 1.165) is 20.3 Å². The third-order valence-electron chi connectivity index (χ3n) is 6.91. The molecule has 1 amide bonds. The second-order valence-corrected chi connectivity index (χ2v) is 11.7. The quantitative estimate of drug-likeness (QED) is 0.212. The van der Waals surface area contributed by atoms with Gasteiger partial charge in [-0.1, -0.05) is 13.8 Å². The standard InChI is InChI=1S/C28H45NO14/c1-13(2)9-10-35-24-21(41-27-25(24)42-28(7,8)43-27)18(34)11-37-26-20(29-14(3)30)23(39-17(6)33)22(38-16(5)32)19(40-26)12-36-15(4)31/h13,18-27,34H,9-12H2,1-8H3,(H,29,30)/t18-,19-,20-,21-,22-,23-,24+,25-,26-,27-/m1/s1. The highest BCUT2D eigenvalue weighted by molar-refractivity contribution is 5.73. The fourth-order valence-corrected chi connectivity index (χ4v) is 5.16. The smallest absolute Gasteiger partial charge is 0.303 e. The lowest BCUT2D eigenvalue weighted by molar-refractivity contribution is -0.286. The maximum absolute atomic E-state index is 12.2. The van der Waals surface area contributed by atoms with E-state index in [0.29, 0.717) is 12.5 Å². The normalized spacial score (nSPS) is 33.9. The Labute approximate surface area is 251 Å². The Bertz CT molecular complexity index is 989. The van der Waals surface area contributed by atoms with Crippen molar-refractivity contribution in [3.8, 4) is 0 Å². The summed E-state index contributed by atoms with van der Waals surface area (Å²) in [6.45, 7) is 12.0. The second kappa shape index (κ2) is 15.1. The molecule has 3 rings (SSSR count). The minimum atomic E-state index is -1.34. The van der Waals surface area contributed by atoms with Crippen LogP contribution >= 0.6 is 0 Å². The highest BCUT2D eigenvalue weighted by Gasteiger charge is 2.57. The Morgan fingerprint density at radius 1 is 0.884 bits per heavy atom. The number of nitrogens with one attached hydrogen (secondary N) is 1. The number of carbonyl (C=O) groups is 4. The number of hydrogen-bond donors (Lipinski definition) is 2. The maximum Gasteiger partial charge on any atom is 0.303 e. The molecule has 0 spiro atoms. The fraction of sp³-hybridized carbons (Fsp3) is 0.857. The largest absolute Gasteiger partial charge is 0.463 e. The number of amides is 1. The summed E-state index contributed by atoms with van der Waals surface area (Å²) in [5.41, 5.74) is 0. The van der Waals surface area contributed by atoms with Crippen LogP contribution in [0.25, 0.3) is 0 Å². The van der Waals surface area contributed by atoms with Gasteiger partial charge in [0.2, 0.25) is 5.91 Å². The molecule has 10 atom stereocenters. The van der Waals surface area contributed by atoms with Crippen molar-refractivity contribution in [2.45, 2.75) is 129 Å². The predicted molar refractivity (Wildman–Crippen MR) is 144 cm³/mol. The van der Waals surface area contributed by atoms with Gasteiger partial charge in [-0.3, -0.25) is 19.2 Å². The van der Waals surface area contributed by atoms with Crippen molar-refractivity contribution in [1.29, 1.82) is 0 Å². The van der Waals surface area contributed by atoms with Crippen molar-refractivity contribution in [2.24, 2.45) is 5.92 Å². The van der Waals surface area contributed by atoms with Crippen LogP contribution in [0.15, 0.2) is 0 Å². The van der Waals surface area contributed by atoms with Gasteiger partial charge in [0.15, 0.2) is 30.6 Å². The monoisotopic (exact) mass is 619 g/mol. The van der Waals surface area contributed by atoms with E-state index in [-0.39, 0.29) is 13.2 Å². The van der Waals surface area contributed by atoms with Crippen LogP contribution in [-0.4, -0.2) is 116 Å². The molecule has 0 aromatic carbocycles. The summed E-state index contributed by atoms with van der Waals surface area (Å²) < 4.78 is 51.9. The van der Waals surface area contributed by atoms with E-state index in [4.69, 9.17) is 42.6 Å². The van der Waals surface area contributed by atoms with E-state index < -0.39 is 91.0 Å². The molecule has 2 N–H and O–H groups in total. The molecule has 15 nitrogen and oxygen atoms in total. The Kier molecular flexibility index (Phi) is 12.3. The summed E-state index contributed by atoms with van der Waals surface area (Å²) in [6.07, 6.45) is -8.51. The molecule has 246 valence electrons. The Balaban J connectivity index is 1.81. The lowest BCUT2D eigenvalue weighted by atomic mass is 9.96. The molecule has 3 aliphatic heterocycles. The third kappa shape index (κ3) is 9.80. The molecule has 0 radical (unpaired) electrons. The predicted octanol–water partition coefficient (Wildman–Crippen LogP) is 0.328. The first-order valence-electron chi connectivity index (χ1n) is 14.4. The van der Waals surface area contributed by atoms with Gasteiger partial charge in [-0.05, 0) is 26.2 Å². The van der Waals surface area contributed by atoms with Crippen molar-refractivity contribution in [1.82, 2.24) is 5.32 Å². The number of carbonyl (C=O) groups excluding carboxylic acids is 4. The van der Waals surface area contributed by atoms with Crippen molar-refractivity contribution in [3.05, 3.63) is 0 Å². The minimum Gasteiger partial charge on any atom is -0.463 e. The number of hydrogen-bond acceptors (Lipinski definition) is 14. The van der Waals surface area contributed by atoms with Crippen LogP contribution in [0.1, 0.15) is 61.8 Å². The molecule has 43 heavy (non-hydrogen) atoms. The van der Waals surface area contributed by atoms with Crippen molar-refractivity contribution in [2.75, 3.05) is 19.8 Å². The van der Waals surface area contributed by atoms with Crippen LogP contribution in [0.4, 0.5) is 0 Å². The number of rotatable bonds is 13. The molecule has 0 aliphatic carbocycles. The molecule has 0 unspecified atom stereocenters. The lowest BCUT2D eigenvalue weighted by Gasteiger charge is -2.45. The highest BCUT2D eigenvalue weighted by Crippen LogP contribution is 2.40. The first-order chi connectivity index (χ1) is 20.1. The van der Waals surface area contributed by atoms with Crippen LogP contribution < -0.4 is 5.32 Å². The molecule has 3 fully saturated rings. The molecule has 3 aliphatic rings. The maximum atomic E-state index is 12.2. The Morgan fingerprint density at radius 3 is 2.12 bits per heavy atom. The number of aliphatic hydroxyl groups excluding tert-OH is 1. The average molecular weight is 620 g/mol. The fourth-order valence-electron chi connectivity index (χ4n) is 5.16.